The summed E-state index contributed by atoms with van der Waals surface area (Å²) in [6, 6.07) is 5.99. The van der Waals surface area contributed by atoms with Crippen LogP contribution in [-0.2, 0) is 4.74 Å². The molecule has 0 bridgehead atoms. The van der Waals surface area contributed by atoms with E-state index in [2.05, 4.69) is 14.8 Å². The number of anilines is 1. The highest BCUT2D eigenvalue weighted by atomic mass is 16.5. The molecule has 5 heteroatoms. The second-order valence-electron chi connectivity index (χ2n) is 5.51. The lowest BCUT2D eigenvalue weighted by Crippen LogP contribution is -2.49. The van der Waals surface area contributed by atoms with Crippen molar-refractivity contribution in [2.45, 2.75) is 26.1 Å². The number of aromatic nitrogens is 1. The van der Waals surface area contributed by atoms with E-state index >= 15 is 0 Å². The van der Waals surface area contributed by atoms with Crippen LogP contribution in [0.25, 0.3) is 0 Å². The molecular formula is C15H25N3O2. The highest BCUT2D eigenvalue weighted by Crippen LogP contribution is 2.12. The summed E-state index contributed by atoms with van der Waals surface area (Å²) in [5.74, 6) is 1.04. The molecule has 1 N–H and O–H groups in total. The van der Waals surface area contributed by atoms with Gasteiger partial charge in [0, 0.05) is 38.9 Å². The van der Waals surface area contributed by atoms with Gasteiger partial charge in [0.05, 0.1) is 18.8 Å². The van der Waals surface area contributed by atoms with Crippen molar-refractivity contribution in [1.29, 1.82) is 0 Å². The van der Waals surface area contributed by atoms with Crippen LogP contribution in [0.5, 0.6) is 0 Å². The Balaban J connectivity index is 1.71. The molecule has 5 nitrogen and oxygen atoms in total. The average molecular weight is 279 g/mol. The van der Waals surface area contributed by atoms with E-state index in [0.29, 0.717) is 13.2 Å². The SMILES string of the molecule is CC(C)OC[C@H](O)CN1CCN(c2ccccn2)CC1. The summed E-state index contributed by atoms with van der Waals surface area (Å²) in [5.41, 5.74) is 0. The van der Waals surface area contributed by atoms with E-state index in [1.165, 1.54) is 0 Å². The zero-order valence-corrected chi connectivity index (χ0v) is 12.4. The fraction of sp³-hybridized carbons (Fsp3) is 0.667. The highest BCUT2D eigenvalue weighted by molar-refractivity contribution is 5.38. The molecule has 1 fully saturated rings. The van der Waals surface area contributed by atoms with Gasteiger partial charge in [-0.2, -0.15) is 0 Å². The van der Waals surface area contributed by atoms with E-state index in [4.69, 9.17) is 4.74 Å². The molecule has 0 saturated carbocycles. The summed E-state index contributed by atoms with van der Waals surface area (Å²) >= 11 is 0. The molecule has 0 radical (unpaired) electrons. The summed E-state index contributed by atoms with van der Waals surface area (Å²) in [5, 5.41) is 9.94. The van der Waals surface area contributed by atoms with Gasteiger partial charge in [0.1, 0.15) is 5.82 Å². The molecular weight excluding hydrogens is 254 g/mol. The Kier molecular flexibility index (Phi) is 5.76. The molecule has 0 aliphatic carbocycles. The first-order chi connectivity index (χ1) is 9.65. The Hall–Kier alpha value is -1.17. The van der Waals surface area contributed by atoms with Crippen LogP contribution in [0.2, 0.25) is 0 Å². The van der Waals surface area contributed by atoms with Gasteiger partial charge in [0.15, 0.2) is 0 Å². The molecule has 1 atom stereocenters. The van der Waals surface area contributed by atoms with Crippen molar-refractivity contribution < 1.29 is 9.84 Å². The number of piperazine rings is 1. The maximum Gasteiger partial charge on any atom is 0.128 e. The lowest BCUT2D eigenvalue weighted by Gasteiger charge is -2.36. The van der Waals surface area contributed by atoms with E-state index < -0.39 is 6.10 Å². The Labute approximate surface area is 121 Å². The summed E-state index contributed by atoms with van der Waals surface area (Å²) in [7, 11) is 0. The quantitative estimate of drug-likeness (QED) is 0.841. The largest absolute Gasteiger partial charge is 0.389 e. The van der Waals surface area contributed by atoms with E-state index in [1.54, 1.807) is 0 Å². The summed E-state index contributed by atoms with van der Waals surface area (Å²) in [4.78, 5) is 8.95. The molecule has 1 saturated heterocycles. The molecule has 0 unspecified atom stereocenters. The number of aliphatic hydroxyl groups is 1. The molecule has 1 aliphatic heterocycles. The first kappa shape index (κ1) is 15.2. The molecule has 1 aliphatic rings. The summed E-state index contributed by atoms with van der Waals surface area (Å²) in [6.07, 6.45) is 1.60. The van der Waals surface area contributed by atoms with Crippen LogP contribution in [0.1, 0.15) is 13.8 Å². The first-order valence-electron chi connectivity index (χ1n) is 7.33. The van der Waals surface area contributed by atoms with E-state index in [9.17, 15) is 5.11 Å². The zero-order valence-electron chi connectivity index (χ0n) is 12.4. The number of hydrogen-bond acceptors (Lipinski definition) is 5. The standard InChI is InChI=1S/C15H25N3O2/c1-13(2)20-12-14(19)11-17-7-9-18(10-8-17)15-5-3-4-6-16-15/h3-6,13-14,19H,7-12H2,1-2H3/t14-/m1/s1. The van der Waals surface area contributed by atoms with Gasteiger partial charge in [-0.15, -0.1) is 0 Å². The number of ether oxygens (including phenoxy) is 1. The van der Waals surface area contributed by atoms with Crippen molar-refractivity contribution in [3.05, 3.63) is 24.4 Å². The topological polar surface area (TPSA) is 48.8 Å². The minimum absolute atomic E-state index is 0.172. The highest BCUT2D eigenvalue weighted by Gasteiger charge is 2.20. The minimum atomic E-state index is -0.404. The van der Waals surface area contributed by atoms with Crippen LogP contribution in [0.3, 0.4) is 0 Å². The van der Waals surface area contributed by atoms with Gasteiger partial charge < -0.3 is 14.7 Å². The van der Waals surface area contributed by atoms with E-state index in [-0.39, 0.29) is 6.10 Å². The van der Waals surface area contributed by atoms with Gasteiger partial charge in [-0.05, 0) is 26.0 Å². The number of nitrogens with zero attached hydrogens (tertiary/aromatic N) is 3. The van der Waals surface area contributed by atoms with Crippen molar-refractivity contribution >= 4 is 5.82 Å². The zero-order chi connectivity index (χ0) is 14.4. The van der Waals surface area contributed by atoms with Crippen molar-refractivity contribution in [2.24, 2.45) is 0 Å². The first-order valence-corrected chi connectivity index (χ1v) is 7.33. The van der Waals surface area contributed by atoms with Gasteiger partial charge in [0.2, 0.25) is 0 Å². The van der Waals surface area contributed by atoms with E-state index in [0.717, 1.165) is 32.0 Å². The number of pyridine rings is 1. The lowest BCUT2D eigenvalue weighted by molar-refractivity contribution is -0.00900. The molecule has 2 heterocycles. The number of hydrogen-bond donors (Lipinski definition) is 1. The normalized spacial score (nSPS) is 18.5. The van der Waals surface area contributed by atoms with Gasteiger partial charge >= 0.3 is 0 Å². The minimum Gasteiger partial charge on any atom is -0.389 e. The maximum atomic E-state index is 9.94. The van der Waals surface area contributed by atoms with E-state index in [1.807, 2.05) is 38.2 Å². The molecule has 0 aromatic carbocycles. The third-order valence-corrected chi connectivity index (χ3v) is 3.44. The molecule has 112 valence electrons. The Bertz CT molecular complexity index is 378. The van der Waals surface area contributed by atoms with Gasteiger partial charge in [-0.3, -0.25) is 4.90 Å². The fourth-order valence-electron chi connectivity index (χ4n) is 2.35. The summed E-state index contributed by atoms with van der Waals surface area (Å²) in [6.45, 7) is 8.88. The van der Waals surface area contributed by atoms with Crippen LogP contribution in [0, 0.1) is 0 Å². The van der Waals surface area contributed by atoms with Crippen molar-refractivity contribution in [2.75, 3.05) is 44.2 Å². The number of β-amino-alcohol motifs (C(OH)–C–C–N with tert-alkyl or cyclic N) is 1. The lowest BCUT2D eigenvalue weighted by atomic mass is 10.2. The van der Waals surface area contributed by atoms with Crippen molar-refractivity contribution in [1.82, 2.24) is 9.88 Å². The average Bonchev–Trinajstić information content (AvgIpc) is 2.47. The van der Waals surface area contributed by atoms with Crippen LogP contribution in [0.4, 0.5) is 5.82 Å². The summed E-state index contributed by atoms with van der Waals surface area (Å²) < 4.78 is 5.44. The third-order valence-electron chi connectivity index (χ3n) is 3.44. The van der Waals surface area contributed by atoms with Crippen LogP contribution in [0.15, 0.2) is 24.4 Å². The monoisotopic (exact) mass is 279 g/mol. The molecule has 20 heavy (non-hydrogen) atoms. The van der Waals surface area contributed by atoms with Crippen molar-refractivity contribution in [3.63, 3.8) is 0 Å². The predicted octanol–water partition coefficient (Wildman–Crippen LogP) is 0.989. The maximum absolute atomic E-state index is 9.94. The fourth-order valence-corrected chi connectivity index (χ4v) is 2.35. The third kappa shape index (κ3) is 4.74. The van der Waals surface area contributed by atoms with Crippen LogP contribution in [-0.4, -0.2) is 66.5 Å². The van der Waals surface area contributed by atoms with Crippen LogP contribution < -0.4 is 4.90 Å². The smallest absolute Gasteiger partial charge is 0.128 e. The second-order valence-corrected chi connectivity index (χ2v) is 5.51. The Morgan fingerprint density at radius 1 is 1.25 bits per heavy atom. The van der Waals surface area contributed by atoms with Crippen molar-refractivity contribution in [3.8, 4) is 0 Å². The molecule has 1 aromatic heterocycles. The molecule has 0 spiro atoms. The molecule has 0 amide bonds. The molecule has 2 rings (SSSR count). The second kappa shape index (κ2) is 7.57. The van der Waals surface area contributed by atoms with Crippen LogP contribution >= 0.6 is 0 Å². The van der Waals surface area contributed by atoms with Gasteiger partial charge in [0.25, 0.3) is 0 Å². The van der Waals surface area contributed by atoms with Gasteiger partial charge in [-0.25, -0.2) is 4.98 Å². The Morgan fingerprint density at radius 2 is 2.00 bits per heavy atom. The number of aliphatic hydroxyl groups excluding tert-OH is 1. The number of rotatable bonds is 6. The van der Waals surface area contributed by atoms with Gasteiger partial charge in [-0.1, -0.05) is 6.07 Å². The Morgan fingerprint density at radius 3 is 2.60 bits per heavy atom. The predicted molar refractivity (Wildman–Crippen MR) is 80.0 cm³/mol. The molecule has 1 aromatic rings.